The van der Waals surface area contributed by atoms with E-state index in [1.54, 1.807) is 16.2 Å². The van der Waals surface area contributed by atoms with Crippen molar-refractivity contribution in [3.05, 3.63) is 52.0 Å². The van der Waals surface area contributed by atoms with Gasteiger partial charge in [-0.1, -0.05) is 18.2 Å². The van der Waals surface area contributed by atoms with Gasteiger partial charge in [0.15, 0.2) is 0 Å². The third kappa shape index (κ3) is 3.22. The van der Waals surface area contributed by atoms with E-state index in [1.807, 2.05) is 61.8 Å². The molecule has 28 heavy (non-hydrogen) atoms. The van der Waals surface area contributed by atoms with Crippen molar-refractivity contribution in [2.45, 2.75) is 13.5 Å². The van der Waals surface area contributed by atoms with E-state index in [0.717, 1.165) is 18.8 Å². The Balaban J connectivity index is 1.56. The summed E-state index contributed by atoms with van der Waals surface area (Å²) in [4.78, 5) is 37.7. The fourth-order valence-corrected chi connectivity index (χ4v) is 5.46. The Hall–Kier alpha value is -2.25. The largest absolute Gasteiger partial charge is 0.348 e. The maximum atomic E-state index is 13.2. The van der Waals surface area contributed by atoms with Gasteiger partial charge in [-0.25, -0.2) is 4.98 Å². The molecule has 2 aromatic rings. The molecule has 0 N–H and O–H groups in total. The van der Waals surface area contributed by atoms with Crippen molar-refractivity contribution in [3.8, 4) is 0 Å². The molecule has 0 radical (unpaired) electrons. The van der Waals surface area contributed by atoms with Gasteiger partial charge in [0.25, 0.3) is 5.91 Å². The topological polar surface area (TPSA) is 56.8 Å². The van der Waals surface area contributed by atoms with Crippen LogP contribution < -0.4 is 0 Å². The highest BCUT2D eigenvalue weighted by Gasteiger charge is 2.58. The van der Waals surface area contributed by atoms with Crippen LogP contribution in [-0.2, 0) is 11.3 Å². The predicted octanol–water partition coefficient (Wildman–Crippen LogP) is 2.11. The van der Waals surface area contributed by atoms with Crippen LogP contribution in [0, 0.1) is 18.3 Å². The summed E-state index contributed by atoms with van der Waals surface area (Å²) in [6, 6.07) is 9.35. The first kappa shape index (κ1) is 19.1. The van der Waals surface area contributed by atoms with Crippen LogP contribution in [0.3, 0.4) is 0 Å². The van der Waals surface area contributed by atoms with Crippen molar-refractivity contribution in [2.75, 3.05) is 40.3 Å². The van der Waals surface area contributed by atoms with Gasteiger partial charge in [-0.05, 0) is 19.1 Å². The van der Waals surface area contributed by atoms with E-state index in [9.17, 15) is 9.59 Å². The smallest absolute Gasteiger partial charge is 0.253 e. The first-order chi connectivity index (χ1) is 13.4. The summed E-state index contributed by atoms with van der Waals surface area (Å²) in [6.07, 6.45) is 0. The number of hydrogen-bond donors (Lipinski definition) is 0. The van der Waals surface area contributed by atoms with Gasteiger partial charge in [0, 0.05) is 63.2 Å². The van der Waals surface area contributed by atoms with Crippen LogP contribution in [-0.4, -0.2) is 71.8 Å². The number of rotatable bonds is 4. The average Bonchev–Trinajstić information content (AvgIpc) is 3.34. The highest BCUT2D eigenvalue weighted by atomic mass is 32.1. The molecule has 2 fully saturated rings. The number of thiazole rings is 1. The highest BCUT2D eigenvalue weighted by Crippen LogP contribution is 2.44. The first-order valence-corrected chi connectivity index (χ1v) is 10.5. The van der Waals surface area contributed by atoms with Crippen molar-refractivity contribution in [2.24, 2.45) is 11.3 Å². The SMILES string of the molecule is Cc1ncsc1CN1C[C@@H]2CN(C(=O)c3ccccc3)C[C@]2(C(=O)N(C)C)C1. The summed E-state index contributed by atoms with van der Waals surface area (Å²) in [5.74, 6) is 0.304. The molecule has 6 nitrogen and oxygen atoms in total. The van der Waals surface area contributed by atoms with Crippen LogP contribution in [0.25, 0.3) is 0 Å². The van der Waals surface area contributed by atoms with E-state index >= 15 is 0 Å². The van der Waals surface area contributed by atoms with Crippen molar-refractivity contribution >= 4 is 23.2 Å². The summed E-state index contributed by atoms with van der Waals surface area (Å²) >= 11 is 1.67. The Labute approximate surface area is 169 Å². The molecule has 4 rings (SSSR count). The highest BCUT2D eigenvalue weighted by molar-refractivity contribution is 7.09. The van der Waals surface area contributed by atoms with Gasteiger partial charge in [-0.3, -0.25) is 14.5 Å². The molecule has 0 saturated carbocycles. The lowest BCUT2D eigenvalue weighted by Gasteiger charge is -2.31. The zero-order chi connectivity index (χ0) is 19.9. The van der Waals surface area contributed by atoms with Gasteiger partial charge in [0.1, 0.15) is 0 Å². The van der Waals surface area contributed by atoms with E-state index in [4.69, 9.17) is 0 Å². The minimum atomic E-state index is -0.521. The van der Waals surface area contributed by atoms with Gasteiger partial charge in [-0.15, -0.1) is 11.3 Å². The van der Waals surface area contributed by atoms with Crippen molar-refractivity contribution in [3.63, 3.8) is 0 Å². The van der Waals surface area contributed by atoms with Crippen molar-refractivity contribution < 1.29 is 9.59 Å². The summed E-state index contributed by atoms with van der Waals surface area (Å²) in [6.45, 7) is 5.48. The number of carbonyl (C=O) groups is 2. The molecule has 148 valence electrons. The maximum Gasteiger partial charge on any atom is 0.253 e. The third-order valence-electron chi connectivity index (χ3n) is 6.03. The summed E-state index contributed by atoms with van der Waals surface area (Å²) in [5, 5.41) is 0. The number of fused-ring (bicyclic) bond motifs is 1. The predicted molar refractivity (Wildman–Crippen MR) is 109 cm³/mol. The first-order valence-electron chi connectivity index (χ1n) is 9.58. The van der Waals surface area contributed by atoms with E-state index in [2.05, 4.69) is 9.88 Å². The molecule has 7 heteroatoms. The lowest BCUT2D eigenvalue weighted by atomic mass is 9.80. The standard InChI is InChI=1S/C21H26N4O2S/c1-15-18(28-14-22-15)11-24-9-17-10-25(19(26)16-7-5-4-6-8-16)13-21(17,12-24)20(27)23(2)3/h4-8,14,17H,9-13H2,1-3H3/t17-,21-/m1/s1. The van der Waals surface area contributed by atoms with Crippen LogP contribution in [0.1, 0.15) is 20.9 Å². The second kappa shape index (κ2) is 7.29. The lowest BCUT2D eigenvalue weighted by Crippen LogP contribution is -2.47. The number of likely N-dealkylation sites (tertiary alicyclic amines) is 2. The Morgan fingerprint density at radius 3 is 2.61 bits per heavy atom. The minimum Gasteiger partial charge on any atom is -0.348 e. The molecule has 2 aliphatic heterocycles. The lowest BCUT2D eigenvalue weighted by molar-refractivity contribution is -0.139. The molecular weight excluding hydrogens is 372 g/mol. The number of aromatic nitrogens is 1. The van der Waals surface area contributed by atoms with Gasteiger partial charge in [-0.2, -0.15) is 0 Å². The second-order valence-electron chi connectivity index (χ2n) is 8.13. The molecule has 0 aliphatic carbocycles. The fraction of sp³-hybridized carbons (Fsp3) is 0.476. The quantitative estimate of drug-likeness (QED) is 0.792. The number of benzene rings is 1. The molecule has 2 atom stereocenters. The van der Waals surface area contributed by atoms with E-state index < -0.39 is 5.41 Å². The number of aryl methyl sites for hydroxylation is 1. The Morgan fingerprint density at radius 1 is 1.21 bits per heavy atom. The second-order valence-corrected chi connectivity index (χ2v) is 9.07. The van der Waals surface area contributed by atoms with Crippen molar-refractivity contribution in [1.29, 1.82) is 0 Å². The fourth-order valence-electron chi connectivity index (χ4n) is 4.64. The van der Waals surface area contributed by atoms with E-state index in [1.165, 1.54) is 4.88 Å². The van der Waals surface area contributed by atoms with E-state index in [-0.39, 0.29) is 17.7 Å². The Bertz CT molecular complexity index is 882. The summed E-state index contributed by atoms with van der Waals surface area (Å²) in [5.41, 5.74) is 3.11. The van der Waals surface area contributed by atoms with Gasteiger partial charge >= 0.3 is 0 Å². The zero-order valence-corrected chi connectivity index (χ0v) is 17.4. The van der Waals surface area contributed by atoms with Gasteiger partial charge < -0.3 is 9.80 Å². The average molecular weight is 399 g/mol. The third-order valence-corrected chi connectivity index (χ3v) is 6.95. The van der Waals surface area contributed by atoms with Crippen LogP contribution in [0.4, 0.5) is 0 Å². The summed E-state index contributed by atoms with van der Waals surface area (Å²) < 4.78 is 0. The molecular formula is C21H26N4O2S. The number of hydrogen-bond acceptors (Lipinski definition) is 5. The normalized spacial score (nSPS) is 24.4. The van der Waals surface area contributed by atoms with Crippen LogP contribution in [0.15, 0.2) is 35.8 Å². The molecule has 0 bridgehead atoms. The van der Waals surface area contributed by atoms with E-state index in [0.29, 0.717) is 25.2 Å². The molecule has 2 aliphatic rings. The molecule has 2 amide bonds. The van der Waals surface area contributed by atoms with Gasteiger partial charge in [0.2, 0.25) is 5.91 Å². The molecule has 0 spiro atoms. The molecule has 1 aromatic carbocycles. The molecule has 3 heterocycles. The van der Waals surface area contributed by atoms with Crippen molar-refractivity contribution in [1.82, 2.24) is 19.7 Å². The van der Waals surface area contributed by atoms with Gasteiger partial charge in [0.05, 0.1) is 16.6 Å². The van der Waals surface area contributed by atoms with Crippen LogP contribution >= 0.6 is 11.3 Å². The maximum absolute atomic E-state index is 13.2. The number of amides is 2. The minimum absolute atomic E-state index is 0.0192. The Kier molecular flexibility index (Phi) is 4.97. The molecule has 1 aromatic heterocycles. The summed E-state index contributed by atoms with van der Waals surface area (Å²) in [7, 11) is 3.62. The van der Waals surface area contributed by atoms with Crippen LogP contribution in [0.2, 0.25) is 0 Å². The zero-order valence-electron chi connectivity index (χ0n) is 16.6. The molecule has 2 saturated heterocycles. The number of nitrogens with zero attached hydrogens (tertiary/aromatic N) is 4. The Morgan fingerprint density at radius 2 is 1.96 bits per heavy atom. The number of carbonyl (C=O) groups excluding carboxylic acids is 2. The molecule has 0 unspecified atom stereocenters. The van der Waals surface area contributed by atoms with Crippen LogP contribution in [0.5, 0.6) is 0 Å². The monoisotopic (exact) mass is 398 g/mol.